The van der Waals surface area contributed by atoms with E-state index in [0.29, 0.717) is 0 Å². The summed E-state index contributed by atoms with van der Waals surface area (Å²) >= 11 is 3.36. The number of nitrogens with two attached hydrogens (primary N) is 1. The molecule has 0 aliphatic carbocycles. The second kappa shape index (κ2) is 5.60. The minimum atomic E-state index is -0.275. The summed E-state index contributed by atoms with van der Waals surface area (Å²) in [5, 5.41) is 8.86. The van der Waals surface area contributed by atoms with Crippen LogP contribution in [0, 0.1) is 6.92 Å². The van der Waals surface area contributed by atoms with E-state index < -0.39 is 0 Å². The zero-order valence-electron chi connectivity index (χ0n) is 7.33. The van der Waals surface area contributed by atoms with Gasteiger partial charge in [-0.1, -0.05) is 22.0 Å². The maximum Gasteiger partial charge on any atom is 0.0624 e. The fraction of sp³-hybridized carbons (Fsp3) is 0.333. The van der Waals surface area contributed by atoms with Gasteiger partial charge in [-0.25, -0.2) is 0 Å². The van der Waals surface area contributed by atoms with Crippen LogP contribution in [0.3, 0.4) is 0 Å². The summed E-state index contributed by atoms with van der Waals surface area (Å²) in [4.78, 5) is 0. The van der Waals surface area contributed by atoms with Gasteiger partial charge in [0.25, 0.3) is 0 Å². The standard InChI is InChI=1S/C9H12BrNO.ClH/c1-6-2-3-7(10)4-8(6)9(11)5-12;/h2-4,9,12H,5,11H2,1H3;1H/t9-;/m1./s1. The number of hydrogen-bond donors (Lipinski definition) is 2. The Morgan fingerprint density at radius 1 is 1.54 bits per heavy atom. The molecule has 0 saturated heterocycles. The van der Waals surface area contributed by atoms with Crippen LogP contribution < -0.4 is 5.73 Å². The number of halogens is 2. The molecule has 0 radical (unpaired) electrons. The maximum absolute atomic E-state index is 8.86. The van der Waals surface area contributed by atoms with Crippen molar-refractivity contribution in [3.05, 3.63) is 33.8 Å². The van der Waals surface area contributed by atoms with Crippen LogP contribution in [0.2, 0.25) is 0 Å². The molecule has 0 bridgehead atoms. The largest absolute Gasteiger partial charge is 0.394 e. The van der Waals surface area contributed by atoms with Gasteiger partial charge in [0.15, 0.2) is 0 Å². The Morgan fingerprint density at radius 2 is 2.15 bits per heavy atom. The van der Waals surface area contributed by atoms with Crippen LogP contribution in [-0.4, -0.2) is 11.7 Å². The van der Waals surface area contributed by atoms with Gasteiger partial charge in [0, 0.05) is 4.47 Å². The van der Waals surface area contributed by atoms with Crippen molar-refractivity contribution >= 4 is 28.3 Å². The molecule has 0 spiro atoms. The van der Waals surface area contributed by atoms with Gasteiger partial charge in [-0.15, -0.1) is 12.4 Å². The van der Waals surface area contributed by atoms with Crippen LogP contribution in [-0.2, 0) is 0 Å². The molecule has 4 heteroatoms. The van der Waals surface area contributed by atoms with Crippen molar-refractivity contribution in [3.8, 4) is 0 Å². The minimum Gasteiger partial charge on any atom is -0.394 e. The van der Waals surface area contributed by atoms with Crippen LogP contribution >= 0.6 is 28.3 Å². The van der Waals surface area contributed by atoms with E-state index in [-0.39, 0.29) is 25.1 Å². The Morgan fingerprint density at radius 3 is 2.69 bits per heavy atom. The molecule has 0 fully saturated rings. The van der Waals surface area contributed by atoms with E-state index in [1.807, 2.05) is 25.1 Å². The van der Waals surface area contributed by atoms with Gasteiger partial charge in [0.2, 0.25) is 0 Å². The van der Waals surface area contributed by atoms with Crippen molar-refractivity contribution in [2.24, 2.45) is 5.73 Å². The van der Waals surface area contributed by atoms with Gasteiger partial charge in [-0.05, 0) is 30.2 Å². The fourth-order valence-corrected chi connectivity index (χ4v) is 1.49. The van der Waals surface area contributed by atoms with E-state index in [1.165, 1.54) is 0 Å². The smallest absolute Gasteiger partial charge is 0.0624 e. The number of aliphatic hydroxyl groups excluding tert-OH is 1. The molecule has 1 aromatic carbocycles. The third-order valence-electron chi connectivity index (χ3n) is 1.84. The normalized spacial score (nSPS) is 12.0. The molecule has 0 unspecified atom stereocenters. The lowest BCUT2D eigenvalue weighted by Gasteiger charge is -2.11. The SMILES string of the molecule is Cc1ccc(Br)cc1[C@H](N)CO.Cl. The van der Waals surface area contributed by atoms with Crippen LogP contribution in [0.1, 0.15) is 17.2 Å². The third-order valence-corrected chi connectivity index (χ3v) is 2.33. The summed E-state index contributed by atoms with van der Waals surface area (Å²) in [5.74, 6) is 0. The monoisotopic (exact) mass is 265 g/mol. The molecule has 0 aliphatic heterocycles. The van der Waals surface area contributed by atoms with E-state index in [0.717, 1.165) is 15.6 Å². The highest BCUT2D eigenvalue weighted by molar-refractivity contribution is 9.10. The van der Waals surface area contributed by atoms with Crippen LogP contribution in [0.4, 0.5) is 0 Å². The van der Waals surface area contributed by atoms with Crippen LogP contribution in [0.15, 0.2) is 22.7 Å². The first-order valence-electron chi connectivity index (χ1n) is 3.77. The quantitative estimate of drug-likeness (QED) is 0.862. The van der Waals surface area contributed by atoms with Gasteiger partial charge in [-0.2, -0.15) is 0 Å². The summed E-state index contributed by atoms with van der Waals surface area (Å²) in [6.07, 6.45) is 0. The highest BCUT2D eigenvalue weighted by atomic mass is 79.9. The predicted octanol–water partition coefficient (Wildman–Crippen LogP) is 2.17. The van der Waals surface area contributed by atoms with E-state index in [4.69, 9.17) is 10.8 Å². The summed E-state index contributed by atoms with van der Waals surface area (Å²) in [5.41, 5.74) is 7.80. The van der Waals surface area contributed by atoms with Gasteiger partial charge in [0.1, 0.15) is 0 Å². The van der Waals surface area contributed by atoms with E-state index in [1.54, 1.807) is 0 Å². The Balaban J connectivity index is 0.00000144. The first-order chi connectivity index (χ1) is 5.65. The lowest BCUT2D eigenvalue weighted by atomic mass is 10.0. The second-order valence-electron chi connectivity index (χ2n) is 2.79. The molecule has 1 rings (SSSR count). The van der Waals surface area contributed by atoms with Gasteiger partial charge in [0.05, 0.1) is 12.6 Å². The van der Waals surface area contributed by atoms with Crippen molar-refractivity contribution in [1.29, 1.82) is 0 Å². The zero-order valence-corrected chi connectivity index (χ0v) is 9.73. The number of hydrogen-bond acceptors (Lipinski definition) is 2. The maximum atomic E-state index is 8.86. The molecule has 0 saturated carbocycles. The van der Waals surface area contributed by atoms with Crippen LogP contribution in [0.25, 0.3) is 0 Å². The molecule has 0 aromatic heterocycles. The molecular weight excluding hydrogens is 253 g/mol. The first kappa shape index (κ1) is 12.9. The third kappa shape index (κ3) is 3.27. The number of aliphatic hydroxyl groups is 1. The van der Waals surface area contributed by atoms with Gasteiger partial charge < -0.3 is 10.8 Å². The molecular formula is C9H13BrClNO. The van der Waals surface area contributed by atoms with Crippen molar-refractivity contribution in [3.63, 3.8) is 0 Å². The number of rotatable bonds is 2. The molecule has 74 valence electrons. The summed E-state index contributed by atoms with van der Waals surface area (Å²) < 4.78 is 0.993. The topological polar surface area (TPSA) is 46.2 Å². The summed E-state index contributed by atoms with van der Waals surface area (Å²) in [6, 6.07) is 5.61. The molecule has 2 nitrogen and oxygen atoms in total. The highest BCUT2D eigenvalue weighted by Gasteiger charge is 2.07. The van der Waals surface area contributed by atoms with Crippen LogP contribution in [0.5, 0.6) is 0 Å². The molecule has 1 atom stereocenters. The number of benzene rings is 1. The van der Waals surface area contributed by atoms with E-state index in [2.05, 4.69) is 15.9 Å². The zero-order chi connectivity index (χ0) is 9.14. The average molecular weight is 267 g/mol. The van der Waals surface area contributed by atoms with Gasteiger partial charge in [-0.3, -0.25) is 0 Å². The molecule has 1 aromatic rings. The first-order valence-corrected chi connectivity index (χ1v) is 4.57. The summed E-state index contributed by atoms with van der Waals surface area (Å²) in [6.45, 7) is 1.97. The van der Waals surface area contributed by atoms with Crippen molar-refractivity contribution in [2.45, 2.75) is 13.0 Å². The minimum absolute atomic E-state index is 0. The predicted molar refractivity (Wildman–Crippen MR) is 60.1 cm³/mol. The van der Waals surface area contributed by atoms with Crippen molar-refractivity contribution < 1.29 is 5.11 Å². The molecule has 3 N–H and O–H groups in total. The van der Waals surface area contributed by atoms with Crippen molar-refractivity contribution in [1.82, 2.24) is 0 Å². The Kier molecular flexibility index (Phi) is 5.56. The lowest BCUT2D eigenvalue weighted by Crippen LogP contribution is -2.15. The fourth-order valence-electron chi connectivity index (χ4n) is 1.11. The molecule has 0 aliphatic rings. The Hall–Kier alpha value is -0.0900. The number of aryl methyl sites for hydroxylation is 1. The molecule has 0 heterocycles. The van der Waals surface area contributed by atoms with E-state index in [9.17, 15) is 0 Å². The van der Waals surface area contributed by atoms with Crippen molar-refractivity contribution in [2.75, 3.05) is 6.61 Å². The summed E-state index contributed by atoms with van der Waals surface area (Å²) in [7, 11) is 0. The molecule has 13 heavy (non-hydrogen) atoms. The van der Waals surface area contributed by atoms with E-state index >= 15 is 0 Å². The Labute approximate surface area is 92.7 Å². The second-order valence-corrected chi connectivity index (χ2v) is 3.71. The average Bonchev–Trinajstić information content (AvgIpc) is 2.08. The van der Waals surface area contributed by atoms with Gasteiger partial charge >= 0.3 is 0 Å². The Bertz CT molecular complexity index is 280. The highest BCUT2D eigenvalue weighted by Crippen LogP contribution is 2.20. The molecule has 0 amide bonds. The lowest BCUT2D eigenvalue weighted by molar-refractivity contribution is 0.267.